The largest absolute Gasteiger partial charge is 0.478 e. The number of aliphatic carboxylic acids is 1. The minimum absolute atomic E-state index is 0.0265. The Morgan fingerprint density at radius 3 is 2.09 bits per heavy atom. The summed E-state index contributed by atoms with van der Waals surface area (Å²) in [5, 5.41) is 16.0. The van der Waals surface area contributed by atoms with Gasteiger partial charge in [-0.2, -0.15) is 0 Å². The lowest BCUT2D eigenvalue weighted by atomic mass is 9.76. The number of benzene rings is 1. The van der Waals surface area contributed by atoms with Crippen LogP contribution in [0.1, 0.15) is 61.0 Å². The Kier molecular flexibility index (Phi) is 10.5. The first-order valence-electron chi connectivity index (χ1n) is 11.9. The second-order valence-electron chi connectivity index (χ2n) is 11.1. The molecule has 0 aromatic heterocycles. The molecule has 0 aliphatic carbocycles. The van der Waals surface area contributed by atoms with E-state index in [1.807, 2.05) is 66.7 Å². The number of halogens is 1. The fourth-order valence-electron chi connectivity index (χ4n) is 4.18. The van der Waals surface area contributed by atoms with Crippen molar-refractivity contribution in [3.05, 3.63) is 46.5 Å². The maximum Gasteiger partial charge on any atom is 0.331 e. The quantitative estimate of drug-likeness (QED) is 0.411. The second-order valence-corrected chi connectivity index (χ2v) is 11.5. The lowest BCUT2D eigenvalue weighted by Gasteiger charge is -2.40. The predicted molar refractivity (Wildman–Crippen MR) is 142 cm³/mol. The molecule has 1 unspecified atom stereocenters. The van der Waals surface area contributed by atoms with Crippen molar-refractivity contribution in [1.29, 1.82) is 0 Å². The van der Waals surface area contributed by atoms with Gasteiger partial charge in [-0.15, -0.1) is 0 Å². The number of hydrogen-bond donors (Lipinski definition) is 3. The van der Waals surface area contributed by atoms with Crippen LogP contribution in [-0.2, 0) is 19.8 Å². The van der Waals surface area contributed by atoms with Crippen molar-refractivity contribution < 1.29 is 19.5 Å². The van der Waals surface area contributed by atoms with E-state index in [-0.39, 0.29) is 23.3 Å². The molecule has 1 rings (SSSR count). The van der Waals surface area contributed by atoms with Crippen LogP contribution in [0.2, 0.25) is 5.02 Å². The van der Waals surface area contributed by atoms with Gasteiger partial charge in [0.1, 0.15) is 6.04 Å². The summed E-state index contributed by atoms with van der Waals surface area (Å²) in [7, 11) is 3.36. The standard InChI is InChI=1S/C27H42ClN3O4/c1-16(2)20(14-17(3)25(34)35)31(10)24(33)22(26(4,5)6)30-23(32)21(29-9)27(7,8)18-12-11-13-19(28)15-18/h11-16,20-22,29H,1-10H3,(H,30,32)(H,34,35)/t20-,21-,22?/m1/s1. The number of nitrogens with one attached hydrogen (secondary N) is 2. The average Bonchev–Trinajstić information content (AvgIpc) is 2.73. The smallest absolute Gasteiger partial charge is 0.331 e. The van der Waals surface area contributed by atoms with Crippen LogP contribution in [0.15, 0.2) is 35.9 Å². The highest BCUT2D eigenvalue weighted by Crippen LogP contribution is 2.30. The van der Waals surface area contributed by atoms with E-state index in [9.17, 15) is 19.5 Å². The van der Waals surface area contributed by atoms with E-state index in [2.05, 4.69) is 10.6 Å². The molecule has 1 aromatic carbocycles. The number of carboxylic acids is 1. The fraction of sp³-hybridized carbons (Fsp3) is 0.593. The molecule has 35 heavy (non-hydrogen) atoms. The van der Waals surface area contributed by atoms with Gasteiger partial charge in [0, 0.05) is 23.1 Å². The molecule has 0 aliphatic rings. The number of rotatable bonds is 10. The lowest BCUT2D eigenvalue weighted by molar-refractivity contribution is -0.141. The topological polar surface area (TPSA) is 98.7 Å². The molecular formula is C27H42ClN3O4. The van der Waals surface area contributed by atoms with E-state index in [1.54, 1.807) is 26.2 Å². The molecule has 0 bridgehead atoms. The van der Waals surface area contributed by atoms with Gasteiger partial charge in [0.05, 0.1) is 12.1 Å². The van der Waals surface area contributed by atoms with E-state index in [4.69, 9.17) is 11.6 Å². The molecule has 3 atom stereocenters. The van der Waals surface area contributed by atoms with Gasteiger partial charge >= 0.3 is 5.97 Å². The van der Waals surface area contributed by atoms with Gasteiger partial charge in [-0.1, -0.05) is 78.3 Å². The highest BCUT2D eigenvalue weighted by molar-refractivity contribution is 6.30. The van der Waals surface area contributed by atoms with Gasteiger partial charge < -0.3 is 20.6 Å². The van der Waals surface area contributed by atoms with Crippen LogP contribution in [0.4, 0.5) is 0 Å². The number of carboxylic acid groups (broad SMARTS) is 1. The van der Waals surface area contributed by atoms with Crippen LogP contribution in [0.25, 0.3) is 0 Å². The van der Waals surface area contributed by atoms with Crippen molar-refractivity contribution in [3.8, 4) is 0 Å². The molecule has 0 aliphatic heterocycles. The normalized spacial score (nSPS) is 15.4. The summed E-state index contributed by atoms with van der Waals surface area (Å²) in [6, 6.07) is 5.48. The van der Waals surface area contributed by atoms with Gasteiger partial charge in [-0.3, -0.25) is 9.59 Å². The van der Waals surface area contributed by atoms with E-state index >= 15 is 0 Å². The van der Waals surface area contributed by atoms with Crippen LogP contribution in [-0.4, -0.2) is 60.0 Å². The molecule has 0 radical (unpaired) electrons. The fourth-order valence-corrected chi connectivity index (χ4v) is 4.37. The first-order valence-corrected chi connectivity index (χ1v) is 12.2. The molecule has 0 spiro atoms. The Hall–Kier alpha value is -2.38. The Bertz CT molecular complexity index is 950. The zero-order valence-corrected chi connectivity index (χ0v) is 23.4. The maximum absolute atomic E-state index is 13.7. The number of amides is 2. The Balaban J connectivity index is 3.32. The van der Waals surface area contributed by atoms with Crippen molar-refractivity contribution in [2.75, 3.05) is 14.1 Å². The molecule has 2 amide bonds. The maximum atomic E-state index is 13.7. The van der Waals surface area contributed by atoms with Crippen LogP contribution in [0.3, 0.4) is 0 Å². The second kappa shape index (κ2) is 12.0. The minimum Gasteiger partial charge on any atom is -0.478 e. The van der Waals surface area contributed by atoms with E-state index in [0.717, 1.165) is 5.56 Å². The SMILES string of the molecule is CN[C@H](C(=O)NC(C(=O)N(C)[C@H](C=C(C)C(=O)O)C(C)C)C(C)(C)C)C(C)(C)c1cccc(Cl)c1. The number of likely N-dealkylation sites (N-methyl/N-ethyl adjacent to an activating group) is 2. The van der Waals surface area contributed by atoms with Crippen LogP contribution in [0, 0.1) is 11.3 Å². The molecule has 1 aromatic rings. The molecule has 8 heteroatoms. The zero-order valence-electron chi connectivity index (χ0n) is 22.7. The number of hydrogen-bond acceptors (Lipinski definition) is 4. The summed E-state index contributed by atoms with van der Waals surface area (Å²) in [6.45, 7) is 14.9. The van der Waals surface area contributed by atoms with Crippen molar-refractivity contribution in [2.45, 2.75) is 78.9 Å². The summed E-state index contributed by atoms with van der Waals surface area (Å²) < 4.78 is 0. The van der Waals surface area contributed by atoms with Crippen molar-refractivity contribution >= 4 is 29.4 Å². The van der Waals surface area contributed by atoms with E-state index in [0.29, 0.717) is 5.02 Å². The van der Waals surface area contributed by atoms with E-state index < -0.39 is 34.9 Å². The molecule has 3 N–H and O–H groups in total. The first-order chi connectivity index (χ1) is 15.9. The van der Waals surface area contributed by atoms with Crippen molar-refractivity contribution in [1.82, 2.24) is 15.5 Å². The zero-order chi connectivity index (χ0) is 27.3. The number of carbonyl (C=O) groups is 3. The number of carbonyl (C=O) groups excluding carboxylic acids is 2. The summed E-state index contributed by atoms with van der Waals surface area (Å²) in [4.78, 5) is 40.2. The monoisotopic (exact) mass is 507 g/mol. The number of nitrogens with zero attached hydrogens (tertiary/aromatic N) is 1. The highest BCUT2D eigenvalue weighted by atomic mass is 35.5. The highest BCUT2D eigenvalue weighted by Gasteiger charge is 2.41. The Morgan fingerprint density at radius 2 is 1.66 bits per heavy atom. The molecule has 0 heterocycles. The van der Waals surface area contributed by atoms with Crippen LogP contribution < -0.4 is 10.6 Å². The lowest BCUT2D eigenvalue weighted by Crippen LogP contribution is -2.61. The third-order valence-corrected chi connectivity index (χ3v) is 6.71. The molecule has 196 valence electrons. The third-order valence-electron chi connectivity index (χ3n) is 6.48. The van der Waals surface area contributed by atoms with Gasteiger partial charge in [-0.05, 0) is 43.0 Å². The summed E-state index contributed by atoms with van der Waals surface area (Å²) >= 11 is 6.20. The summed E-state index contributed by atoms with van der Waals surface area (Å²) in [6.07, 6.45) is 1.59. The summed E-state index contributed by atoms with van der Waals surface area (Å²) in [5.41, 5.74) is -0.155. The first kappa shape index (κ1) is 30.7. The van der Waals surface area contributed by atoms with Crippen LogP contribution in [0.5, 0.6) is 0 Å². The Morgan fingerprint density at radius 1 is 1.09 bits per heavy atom. The van der Waals surface area contributed by atoms with Gasteiger partial charge in [0.25, 0.3) is 0 Å². The van der Waals surface area contributed by atoms with Crippen LogP contribution >= 0.6 is 11.6 Å². The van der Waals surface area contributed by atoms with Gasteiger partial charge in [-0.25, -0.2) is 4.79 Å². The average molecular weight is 508 g/mol. The van der Waals surface area contributed by atoms with Crippen molar-refractivity contribution in [2.24, 2.45) is 11.3 Å². The van der Waals surface area contributed by atoms with Gasteiger partial charge in [0.15, 0.2) is 0 Å². The third kappa shape index (κ3) is 7.80. The van der Waals surface area contributed by atoms with Gasteiger partial charge in [0.2, 0.25) is 11.8 Å². The molecule has 7 nitrogen and oxygen atoms in total. The molecular weight excluding hydrogens is 466 g/mol. The molecule has 0 saturated carbocycles. The van der Waals surface area contributed by atoms with Crippen molar-refractivity contribution in [3.63, 3.8) is 0 Å². The molecule has 0 fully saturated rings. The predicted octanol–water partition coefficient (Wildman–Crippen LogP) is 4.25. The summed E-state index contributed by atoms with van der Waals surface area (Å²) in [5.74, 6) is -1.65. The minimum atomic E-state index is -1.03. The molecule has 0 saturated heterocycles. The Labute approximate surface area is 215 Å². The van der Waals surface area contributed by atoms with E-state index in [1.165, 1.54) is 11.8 Å².